The molecule has 5 nitrogen and oxygen atoms in total. The minimum Gasteiger partial charge on any atom is -0.329 e. The van der Waals surface area contributed by atoms with Crippen LogP contribution in [0.4, 0.5) is 21.7 Å². The van der Waals surface area contributed by atoms with Crippen LogP contribution in [0.2, 0.25) is 0 Å². The fraction of sp³-hybridized carbons (Fsp3) is 0.0833. The number of aromatic nitrogens is 2. The number of benzene rings is 1. The van der Waals surface area contributed by atoms with Crippen molar-refractivity contribution in [2.45, 2.75) is 0 Å². The van der Waals surface area contributed by atoms with E-state index >= 15 is 0 Å². The summed E-state index contributed by atoms with van der Waals surface area (Å²) in [6, 6.07) is 7.68. The molecule has 0 aliphatic heterocycles. The third-order valence-electron chi connectivity index (χ3n) is 2.39. The minimum absolute atomic E-state index is 0.290. The second kappa shape index (κ2) is 5.10. The van der Waals surface area contributed by atoms with Crippen LogP contribution < -0.4 is 10.2 Å². The van der Waals surface area contributed by atoms with Crippen molar-refractivity contribution in [1.82, 2.24) is 9.97 Å². The highest BCUT2D eigenvalue weighted by Gasteiger charge is 2.06. The SMILES string of the molecule is CN(c1ccc(F)cc1)c1cc(NC#N)ncn1. The molecule has 0 spiro atoms. The van der Waals surface area contributed by atoms with Crippen LogP contribution in [0.25, 0.3) is 0 Å². The molecule has 0 aliphatic rings. The van der Waals surface area contributed by atoms with Gasteiger partial charge in [-0.15, -0.1) is 0 Å². The molecule has 1 aromatic carbocycles. The predicted octanol–water partition coefficient (Wildman–Crippen LogP) is 2.28. The van der Waals surface area contributed by atoms with Gasteiger partial charge >= 0.3 is 0 Å². The van der Waals surface area contributed by atoms with E-state index in [1.54, 1.807) is 36.3 Å². The Morgan fingerprint density at radius 2 is 2.00 bits per heavy atom. The smallest absolute Gasteiger partial charge is 0.182 e. The summed E-state index contributed by atoms with van der Waals surface area (Å²) in [7, 11) is 1.80. The topological polar surface area (TPSA) is 64.8 Å². The first kappa shape index (κ1) is 11.8. The molecule has 0 bridgehead atoms. The fourth-order valence-corrected chi connectivity index (χ4v) is 1.45. The maximum atomic E-state index is 12.8. The Morgan fingerprint density at radius 3 is 2.67 bits per heavy atom. The van der Waals surface area contributed by atoms with Gasteiger partial charge in [-0.1, -0.05) is 0 Å². The molecule has 1 N–H and O–H groups in total. The van der Waals surface area contributed by atoms with E-state index in [4.69, 9.17) is 5.26 Å². The van der Waals surface area contributed by atoms with Gasteiger partial charge in [-0.2, -0.15) is 5.26 Å². The number of halogens is 1. The zero-order valence-electron chi connectivity index (χ0n) is 9.63. The Balaban J connectivity index is 2.28. The first-order chi connectivity index (χ1) is 8.70. The van der Waals surface area contributed by atoms with Crippen LogP contribution in [0, 0.1) is 17.3 Å². The van der Waals surface area contributed by atoms with E-state index in [0.29, 0.717) is 11.6 Å². The third-order valence-corrected chi connectivity index (χ3v) is 2.39. The summed E-state index contributed by atoms with van der Waals surface area (Å²) in [6.07, 6.45) is 3.15. The number of rotatable bonds is 3. The van der Waals surface area contributed by atoms with E-state index in [0.717, 1.165) is 5.69 Å². The molecule has 2 rings (SSSR count). The average molecular weight is 243 g/mol. The van der Waals surface area contributed by atoms with Gasteiger partial charge in [-0.05, 0) is 24.3 Å². The number of nitrogens with zero attached hydrogens (tertiary/aromatic N) is 4. The highest BCUT2D eigenvalue weighted by Crippen LogP contribution is 2.22. The quantitative estimate of drug-likeness (QED) is 0.661. The van der Waals surface area contributed by atoms with Gasteiger partial charge in [-0.3, -0.25) is 5.32 Å². The molecule has 0 atom stereocenters. The number of anilines is 3. The lowest BCUT2D eigenvalue weighted by Crippen LogP contribution is -2.11. The van der Waals surface area contributed by atoms with Gasteiger partial charge in [0, 0.05) is 18.8 Å². The first-order valence-corrected chi connectivity index (χ1v) is 5.17. The lowest BCUT2D eigenvalue weighted by Gasteiger charge is -2.18. The number of hydrogen-bond acceptors (Lipinski definition) is 5. The van der Waals surface area contributed by atoms with Crippen LogP contribution in [0.3, 0.4) is 0 Å². The van der Waals surface area contributed by atoms with Gasteiger partial charge in [-0.25, -0.2) is 14.4 Å². The van der Waals surface area contributed by atoms with Gasteiger partial charge in [0.1, 0.15) is 23.8 Å². The molecule has 1 aromatic heterocycles. The first-order valence-electron chi connectivity index (χ1n) is 5.17. The lowest BCUT2D eigenvalue weighted by atomic mass is 10.3. The maximum absolute atomic E-state index is 12.8. The molecule has 0 saturated heterocycles. The normalized spacial score (nSPS) is 9.61. The van der Waals surface area contributed by atoms with Crippen molar-refractivity contribution < 1.29 is 4.39 Å². The molecule has 1 heterocycles. The predicted molar refractivity (Wildman–Crippen MR) is 65.7 cm³/mol. The van der Waals surface area contributed by atoms with Gasteiger partial charge in [0.15, 0.2) is 6.19 Å². The van der Waals surface area contributed by atoms with Gasteiger partial charge in [0.25, 0.3) is 0 Å². The van der Waals surface area contributed by atoms with Gasteiger partial charge in [0.05, 0.1) is 0 Å². The molecule has 18 heavy (non-hydrogen) atoms. The molecular weight excluding hydrogens is 233 g/mol. The van der Waals surface area contributed by atoms with E-state index in [9.17, 15) is 4.39 Å². The second-order valence-corrected chi connectivity index (χ2v) is 3.53. The van der Waals surface area contributed by atoms with Gasteiger partial charge in [0.2, 0.25) is 0 Å². The Bertz CT molecular complexity index is 576. The van der Waals surface area contributed by atoms with Gasteiger partial charge < -0.3 is 4.90 Å². The molecule has 0 saturated carbocycles. The van der Waals surface area contributed by atoms with E-state index < -0.39 is 0 Å². The summed E-state index contributed by atoms with van der Waals surface area (Å²) < 4.78 is 12.8. The standard InChI is InChI=1S/C12H10FN5/c1-18(10-4-2-9(13)3-5-10)12-6-11(15-7-14)16-8-17-12/h2-6,8H,1H3,(H,15,16,17). The minimum atomic E-state index is -0.290. The largest absolute Gasteiger partial charge is 0.329 e. The van der Waals surface area contributed by atoms with Crippen LogP contribution >= 0.6 is 0 Å². The van der Waals surface area contributed by atoms with E-state index in [1.165, 1.54) is 18.5 Å². The highest BCUT2D eigenvalue weighted by molar-refractivity contribution is 5.61. The van der Waals surface area contributed by atoms with E-state index in [1.807, 2.05) is 0 Å². The van der Waals surface area contributed by atoms with Crippen LogP contribution in [0.15, 0.2) is 36.7 Å². The van der Waals surface area contributed by atoms with Crippen LogP contribution in [0.5, 0.6) is 0 Å². The highest BCUT2D eigenvalue weighted by atomic mass is 19.1. The lowest BCUT2D eigenvalue weighted by molar-refractivity contribution is 0.628. The van der Waals surface area contributed by atoms with Crippen LogP contribution in [-0.2, 0) is 0 Å². The summed E-state index contributed by atoms with van der Waals surface area (Å²) >= 11 is 0. The molecule has 6 heteroatoms. The van der Waals surface area contributed by atoms with Crippen LogP contribution in [-0.4, -0.2) is 17.0 Å². The zero-order chi connectivity index (χ0) is 13.0. The number of nitrogens with one attached hydrogen (secondary N) is 1. The second-order valence-electron chi connectivity index (χ2n) is 3.53. The Kier molecular flexibility index (Phi) is 3.34. The Hall–Kier alpha value is -2.68. The van der Waals surface area contributed by atoms with Crippen molar-refractivity contribution in [2.75, 3.05) is 17.3 Å². The van der Waals surface area contributed by atoms with E-state index in [2.05, 4.69) is 15.3 Å². The molecule has 0 amide bonds. The Morgan fingerprint density at radius 1 is 1.28 bits per heavy atom. The summed E-state index contributed by atoms with van der Waals surface area (Å²) in [5.74, 6) is 0.729. The summed E-state index contributed by atoms with van der Waals surface area (Å²) in [5.41, 5.74) is 0.790. The van der Waals surface area contributed by atoms with Crippen LogP contribution in [0.1, 0.15) is 0 Å². The molecule has 2 aromatic rings. The monoisotopic (exact) mass is 243 g/mol. The van der Waals surface area contributed by atoms with E-state index in [-0.39, 0.29) is 5.82 Å². The molecule has 0 fully saturated rings. The third kappa shape index (κ3) is 2.52. The van der Waals surface area contributed by atoms with Crippen molar-refractivity contribution in [1.29, 1.82) is 5.26 Å². The van der Waals surface area contributed by atoms with Crippen molar-refractivity contribution in [3.8, 4) is 6.19 Å². The van der Waals surface area contributed by atoms with Crippen molar-refractivity contribution in [2.24, 2.45) is 0 Å². The maximum Gasteiger partial charge on any atom is 0.182 e. The molecular formula is C12H10FN5. The van der Waals surface area contributed by atoms with Crippen molar-refractivity contribution >= 4 is 17.3 Å². The molecule has 0 aliphatic carbocycles. The number of hydrogen-bond donors (Lipinski definition) is 1. The van der Waals surface area contributed by atoms with Crippen molar-refractivity contribution in [3.05, 3.63) is 42.5 Å². The molecule has 0 radical (unpaired) electrons. The van der Waals surface area contributed by atoms with Crippen molar-refractivity contribution in [3.63, 3.8) is 0 Å². The number of nitriles is 1. The zero-order valence-corrected chi connectivity index (χ0v) is 9.63. The molecule has 90 valence electrons. The Labute approximate surface area is 104 Å². The summed E-state index contributed by atoms with van der Waals surface area (Å²) in [4.78, 5) is 9.75. The fourth-order valence-electron chi connectivity index (χ4n) is 1.45. The average Bonchev–Trinajstić information content (AvgIpc) is 2.39. The summed E-state index contributed by atoms with van der Waals surface area (Å²) in [6.45, 7) is 0. The molecule has 0 unspecified atom stereocenters. The summed E-state index contributed by atoms with van der Waals surface area (Å²) in [5, 5.41) is 11.0.